The van der Waals surface area contributed by atoms with Crippen molar-refractivity contribution >= 4 is 17.9 Å². The summed E-state index contributed by atoms with van der Waals surface area (Å²) in [6.45, 7) is 6.33. The minimum Gasteiger partial charge on any atom is -0.462 e. The van der Waals surface area contributed by atoms with Crippen molar-refractivity contribution in [3.05, 3.63) is 158 Å². The zero-order valence-electron chi connectivity index (χ0n) is 51.5. The number of rotatable bonds is 57. The summed E-state index contributed by atoms with van der Waals surface area (Å²) in [4.78, 5) is 38.2. The van der Waals surface area contributed by atoms with Gasteiger partial charge >= 0.3 is 17.9 Å². The van der Waals surface area contributed by atoms with Gasteiger partial charge < -0.3 is 14.2 Å². The van der Waals surface area contributed by atoms with Gasteiger partial charge in [-0.15, -0.1) is 0 Å². The molecule has 0 spiro atoms. The highest BCUT2D eigenvalue weighted by molar-refractivity contribution is 5.71. The highest BCUT2D eigenvalue weighted by Gasteiger charge is 2.19. The third-order valence-electron chi connectivity index (χ3n) is 13.3. The molecule has 6 nitrogen and oxygen atoms in total. The van der Waals surface area contributed by atoms with Crippen molar-refractivity contribution in [3.63, 3.8) is 0 Å². The summed E-state index contributed by atoms with van der Waals surface area (Å²) in [5, 5.41) is 0. The first kappa shape index (κ1) is 75.0. The fraction of sp³-hybridized carbons (Fsp3) is 0.608. The van der Waals surface area contributed by atoms with Gasteiger partial charge in [-0.05, 0) is 116 Å². The first-order valence-electron chi connectivity index (χ1n) is 32.5. The van der Waals surface area contributed by atoms with Crippen LogP contribution in [0.25, 0.3) is 0 Å². The maximum Gasteiger partial charge on any atom is 0.306 e. The molecule has 0 aliphatic rings. The van der Waals surface area contributed by atoms with E-state index in [1.54, 1.807) is 0 Å². The Bertz CT molecular complexity index is 1790. The summed E-state index contributed by atoms with van der Waals surface area (Å²) in [7, 11) is 0. The Morgan fingerprint density at radius 3 is 0.838 bits per heavy atom. The predicted molar refractivity (Wildman–Crippen MR) is 348 cm³/mol. The maximum absolute atomic E-state index is 12.9. The zero-order valence-corrected chi connectivity index (χ0v) is 51.5. The fourth-order valence-corrected chi connectivity index (χ4v) is 8.51. The summed E-state index contributed by atoms with van der Waals surface area (Å²) in [6.07, 6.45) is 97.0. The maximum atomic E-state index is 12.9. The van der Waals surface area contributed by atoms with E-state index in [0.717, 1.165) is 128 Å². The van der Waals surface area contributed by atoms with Gasteiger partial charge in [0, 0.05) is 19.3 Å². The van der Waals surface area contributed by atoms with Crippen molar-refractivity contribution < 1.29 is 28.6 Å². The van der Waals surface area contributed by atoms with Gasteiger partial charge in [-0.3, -0.25) is 14.4 Å². The largest absolute Gasteiger partial charge is 0.462 e. The monoisotopic (exact) mass is 1100 g/mol. The molecule has 0 bridgehead atoms. The molecule has 0 aromatic carbocycles. The van der Waals surface area contributed by atoms with Gasteiger partial charge in [0.05, 0.1) is 0 Å². The summed E-state index contributed by atoms with van der Waals surface area (Å²) in [5.74, 6) is -1.03. The number of esters is 3. The van der Waals surface area contributed by atoms with E-state index < -0.39 is 6.10 Å². The summed E-state index contributed by atoms with van der Waals surface area (Å²) in [5.41, 5.74) is 0. The first-order valence-corrected chi connectivity index (χ1v) is 32.5. The lowest BCUT2D eigenvalue weighted by atomic mass is 10.0. The predicted octanol–water partition coefficient (Wildman–Crippen LogP) is 22.5. The van der Waals surface area contributed by atoms with E-state index in [4.69, 9.17) is 14.2 Å². The van der Waals surface area contributed by atoms with Crippen LogP contribution < -0.4 is 0 Å². The molecule has 0 saturated carbocycles. The molecule has 0 aromatic rings. The number of hydrogen-bond donors (Lipinski definition) is 0. The van der Waals surface area contributed by atoms with E-state index in [1.807, 2.05) is 12.2 Å². The number of hydrogen-bond acceptors (Lipinski definition) is 6. The quantitative estimate of drug-likeness (QED) is 0.0261. The molecule has 0 radical (unpaired) electrons. The van der Waals surface area contributed by atoms with Crippen LogP contribution in [-0.2, 0) is 28.6 Å². The highest BCUT2D eigenvalue weighted by atomic mass is 16.6. The van der Waals surface area contributed by atoms with Crippen LogP contribution in [0.15, 0.2) is 158 Å². The van der Waals surface area contributed by atoms with Crippen LogP contribution in [0.5, 0.6) is 0 Å². The molecule has 0 heterocycles. The molecule has 80 heavy (non-hydrogen) atoms. The zero-order chi connectivity index (χ0) is 57.8. The minimum atomic E-state index is -0.827. The lowest BCUT2D eigenvalue weighted by molar-refractivity contribution is -0.166. The van der Waals surface area contributed by atoms with E-state index in [-0.39, 0.29) is 37.5 Å². The standard InChI is InChI=1S/C74H118O6/c1-4-7-10-13-16-19-22-25-27-29-31-32-33-34-35-36-37-38-39-40-41-42-43-45-46-49-52-55-58-61-64-67-73(76)79-70-71(69-78-72(75)66-63-60-57-54-51-48-24-21-18-15-12-9-6-3)80-74(77)68-65-62-59-56-53-50-47-44-30-28-26-23-20-17-14-11-8-5-2/h7,9-10,12,16,18-19,21,25,27,31-32,34-35,37-38,40-41,43,45,48-49,51-52,57,60,71H,4-6,8,11,13-15,17,20,22-24,26,28-30,33,36,39,42,44,46-47,50,53-56,58-59,61-70H2,1-3H3/b10-7-,12-9-,19-16-,21-18-,27-25-,32-31-,35-34-,38-37-,41-40-,45-43-,51-48-,52-49-,60-57-. The number of ether oxygens (including phenoxy) is 3. The third-order valence-corrected chi connectivity index (χ3v) is 13.3. The fourth-order valence-electron chi connectivity index (χ4n) is 8.51. The average Bonchev–Trinajstić information content (AvgIpc) is 3.46. The van der Waals surface area contributed by atoms with E-state index >= 15 is 0 Å². The second-order valence-electron chi connectivity index (χ2n) is 20.9. The summed E-state index contributed by atoms with van der Waals surface area (Å²) in [6, 6.07) is 0. The molecule has 0 aliphatic heterocycles. The number of carbonyl (C=O) groups is 3. The van der Waals surface area contributed by atoms with Crippen molar-refractivity contribution in [3.8, 4) is 0 Å². The van der Waals surface area contributed by atoms with Crippen molar-refractivity contribution in [1.82, 2.24) is 0 Å². The molecule has 6 heteroatoms. The van der Waals surface area contributed by atoms with Crippen LogP contribution in [0, 0.1) is 0 Å². The van der Waals surface area contributed by atoms with Crippen molar-refractivity contribution in [1.29, 1.82) is 0 Å². The molecular formula is C74H118O6. The smallest absolute Gasteiger partial charge is 0.306 e. The number of carbonyl (C=O) groups excluding carboxylic acids is 3. The van der Waals surface area contributed by atoms with Crippen LogP contribution in [0.3, 0.4) is 0 Å². The highest BCUT2D eigenvalue weighted by Crippen LogP contribution is 2.16. The van der Waals surface area contributed by atoms with Crippen molar-refractivity contribution in [2.45, 2.75) is 277 Å². The lowest BCUT2D eigenvalue weighted by Crippen LogP contribution is -2.30. The van der Waals surface area contributed by atoms with E-state index in [0.29, 0.717) is 19.3 Å². The Morgan fingerprint density at radius 2 is 0.512 bits per heavy atom. The van der Waals surface area contributed by atoms with Gasteiger partial charge in [0.1, 0.15) is 13.2 Å². The van der Waals surface area contributed by atoms with Gasteiger partial charge in [0.15, 0.2) is 6.10 Å². The van der Waals surface area contributed by atoms with Crippen molar-refractivity contribution in [2.75, 3.05) is 13.2 Å². The molecule has 450 valence electrons. The van der Waals surface area contributed by atoms with Gasteiger partial charge in [-0.1, -0.05) is 294 Å². The summed E-state index contributed by atoms with van der Waals surface area (Å²) < 4.78 is 16.8. The molecule has 0 aromatic heterocycles. The Hall–Kier alpha value is -4.97. The SMILES string of the molecule is CC/C=C\C/C=C\C/C=C\C/C=C\C/C=C\C/C=C\C/C=C\C/C=C\C/C=C\CCCCCC(=O)OCC(COC(=O)CC/C=C\C/C=C\C/C=C\C/C=C\CC)OC(=O)CCCCCCCCCCCCCCCCCCCC. The molecule has 1 atom stereocenters. The number of allylic oxidation sites excluding steroid dienone is 26. The van der Waals surface area contributed by atoms with Crippen LogP contribution in [0.2, 0.25) is 0 Å². The molecule has 0 N–H and O–H groups in total. The normalized spacial score (nSPS) is 13.2. The van der Waals surface area contributed by atoms with Crippen LogP contribution in [0.4, 0.5) is 0 Å². The van der Waals surface area contributed by atoms with E-state index in [1.165, 1.54) is 96.3 Å². The molecule has 0 fully saturated rings. The van der Waals surface area contributed by atoms with Gasteiger partial charge in [-0.25, -0.2) is 0 Å². The van der Waals surface area contributed by atoms with Gasteiger partial charge in [-0.2, -0.15) is 0 Å². The van der Waals surface area contributed by atoms with Crippen molar-refractivity contribution in [2.24, 2.45) is 0 Å². The molecule has 0 rings (SSSR count). The average molecular weight is 1100 g/mol. The molecule has 0 saturated heterocycles. The second-order valence-corrected chi connectivity index (χ2v) is 20.9. The summed E-state index contributed by atoms with van der Waals surface area (Å²) >= 11 is 0. The van der Waals surface area contributed by atoms with Crippen LogP contribution in [-0.4, -0.2) is 37.2 Å². The minimum absolute atomic E-state index is 0.122. The van der Waals surface area contributed by atoms with Crippen LogP contribution in [0.1, 0.15) is 271 Å². The Balaban J connectivity index is 4.43. The molecular weight excluding hydrogens is 985 g/mol. The molecule has 0 aliphatic carbocycles. The second kappa shape index (κ2) is 66.5. The third kappa shape index (κ3) is 63.9. The van der Waals surface area contributed by atoms with E-state index in [2.05, 4.69) is 167 Å². The Labute approximate surface area is 492 Å². The number of unbranched alkanes of at least 4 members (excludes halogenated alkanes) is 20. The first-order chi connectivity index (χ1) is 39.5. The Morgan fingerprint density at radius 1 is 0.263 bits per heavy atom. The molecule has 0 amide bonds. The molecule has 1 unspecified atom stereocenters. The lowest BCUT2D eigenvalue weighted by Gasteiger charge is -2.18. The van der Waals surface area contributed by atoms with Gasteiger partial charge in [0.25, 0.3) is 0 Å². The van der Waals surface area contributed by atoms with E-state index in [9.17, 15) is 14.4 Å². The van der Waals surface area contributed by atoms with Gasteiger partial charge in [0.2, 0.25) is 0 Å². The topological polar surface area (TPSA) is 78.9 Å². The van der Waals surface area contributed by atoms with Crippen LogP contribution >= 0.6 is 0 Å². The Kier molecular flexibility index (Phi) is 62.4.